The lowest BCUT2D eigenvalue weighted by atomic mass is 10.1. The van der Waals surface area contributed by atoms with Crippen LogP contribution in [0.15, 0.2) is 24.3 Å². The summed E-state index contributed by atoms with van der Waals surface area (Å²) in [5.74, 6) is -1.75. The molecule has 2 heterocycles. The van der Waals surface area contributed by atoms with E-state index in [0.29, 0.717) is 0 Å². The Balaban J connectivity index is 2.20. The maximum Gasteiger partial charge on any atom is 0.433 e. The standard InChI is InChI=1S/C16H15F5N2/c1-9(2)15-12(18)8-11(17)13(23-15)7-6-10-4-3-5-14(22-10)16(19,20)21/h3-5,8-9H,6-7H2,1-2H3. The third-order valence-corrected chi connectivity index (χ3v) is 3.29. The first-order valence-corrected chi connectivity index (χ1v) is 7.06. The van der Waals surface area contributed by atoms with Gasteiger partial charge in [-0.2, -0.15) is 13.2 Å². The Hall–Kier alpha value is -2.05. The number of aromatic nitrogens is 2. The molecule has 0 spiro atoms. The maximum absolute atomic E-state index is 13.8. The van der Waals surface area contributed by atoms with Crippen molar-refractivity contribution < 1.29 is 22.0 Å². The fraction of sp³-hybridized carbons (Fsp3) is 0.375. The zero-order chi connectivity index (χ0) is 17.2. The van der Waals surface area contributed by atoms with Crippen LogP contribution in [0.2, 0.25) is 0 Å². The molecule has 0 aliphatic heterocycles. The molecule has 7 heteroatoms. The van der Waals surface area contributed by atoms with E-state index in [-0.39, 0.29) is 35.8 Å². The molecule has 0 amide bonds. The van der Waals surface area contributed by atoms with Gasteiger partial charge >= 0.3 is 6.18 Å². The van der Waals surface area contributed by atoms with Crippen LogP contribution in [0.1, 0.15) is 42.5 Å². The lowest BCUT2D eigenvalue weighted by Crippen LogP contribution is -2.10. The van der Waals surface area contributed by atoms with Gasteiger partial charge in [0.1, 0.15) is 17.3 Å². The fourth-order valence-corrected chi connectivity index (χ4v) is 2.12. The van der Waals surface area contributed by atoms with Crippen LogP contribution < -0.4 is 0 Å². The van der Waals surface area contributed by atoms with Gasteiger partial charge in [0.25, 0.3) is 0 Å². The highest BCUT2D eigenvalue weighted by molar-refractivity contribution is 5.20. The van der Waals surface area contributed by atoms with Crippen molar-refractivity contribution in [1.82, 2.24) is 9.97 Å². The summed E-state index contributed by atoms with van der Waals surface area (Å²) in [4.78, 5) is 7.47. The van der Waals surface area contributed by atoms with Crippen molar-refractivity contribution in [3.63, 3.8) is 0 Å². The number of aryl methyl sites for hydroxylation is 2. The summed E-state index contributed by atoms with van der Waals surface area (Å²) in [5, 5.41) is 0. The summed E-state index contributed by atoms with van der Waals surface area (Å²) in [5.41, 5.74) is -0.658. The summed E-state index contributed by atoms with van der Waals surface area (Å²) >= 11 is 0. The van der Waals surface area contributed by atoms with Crippen molar-refractivity contribution in [2.24, 2.45) is 0 Å². The van der Waals surface area contributed by atoms with Crippen LogP contribution in [0.4, 0.5) is 22.0 Å². The summed E-state index contributed by atoms with van der Waals surface area (Å²) in [6.07, 6.45) is -4.41. The Morgan fingerprint density at radius 1 is 1.00 bits per heavy atom. The van der Waals surface area contributed by atoms with Crippen LogP contribution in [0.3, 0.4) is 0 Å². The van der Waals surface area contributed by atoms with Gasteiger partial charge in [0.2, 0.25) is 0 Å². The molecule has 0 aromatic carbocycles. The molecule has 0 fully saturated rings. The molecule has 0 saturated carbocycles. The maximum atomic E-state index is 13.8. The van der Waals surface area contributed by atoms with E-state index >= 15 is 0 Å². The van der Waals surface area contributed by atoms with E-state index < -0.39 is 23.5 Å². The predicted molar refractivity (Wildman–Crippen MR) is 74.9 cm³/mol. The molecule has 0 aliphatic rings. The van der Waals surface area contributed by atoms with E-state index in [4.69, 9.17) is 0 Å². The monoisotopic (exact) mass is 330 g/mol. The summed E-state index contributed by atoms with van der Waals surface area (Å²) in [7, 11) is 0. The molecular formula is C16H15F5N2. The van der Waals surface area contributed by atoms with Crippen molar-refractivity contribution in [3.8, 4) is 0 Å². The van der Waals surface area contributed by atoms with Crippen LogP contribution in [-0.2, 0) is 19.0 Å². The molecule has 0 atom stereocenters. The number of nitrogens with zero attached hydrogens (tertiary/aromatic N) is 2. The Kier molecular flexibility index (Phi) is 4.97. The minimum Gasteiger partial charge on any atom is -0.251 e. The lowest BCUT2D eigenvalue weighted by Gasteiger charge is -2.10. The third kappa shape index (κ3) is 4.24. The van der Waals surface area contributed by atoms with Crippen LogP contribution in [-0.4, -0.2) is 9.97 Å². The van der Waals surface area contributed by atoms with Gasteiger partial charge < -0.3 is 0 Å². The number of rotatable bonds is 4. The summed E-state index contributed by atoms with van der Waals surface area (Å²) in [6, 6.07) is 4.31. The normalized spacial score (nSPS) is 12.0. The zero-order valence-electron chi connectivity index (χ0n) is 12.6. The quantitative estimate of drug-likeness (QED) is 0.761. The van der Waals surface area contributed by atoms with Gasteiger partial charge in [0, 0.05) is 11.8 Å². The average Bonchev–Trinajstić information content (AvgIpc) is 2.45. The van der Waals surface area contributed by atoms with Crippen LogP contribution in [0.5, 0.6) is 0 Å². The fourth-order valence-electron chi connectivity index (χ4n) is 2.12. The average molecular weight is 330 g/mol. The largest absolute Gasteiger partial charge is 0.433 e. The molecule has 2 aromatic heterocycles. The molecule has 0 bridgehead atoms. The second kappa shape index (κ2) is 6.60. The number of halogens is 5. The molecular weight excluding hydrogens is 315 g/mol. The molecule has 0 radical (unpaired) electrons. The van der Waals surface area contributed by atoms with Crippen molar-refractivity contribution in [2.75, 3.05) is 0 Å². The molecule has 0 saturated heterocycles. The summed E-state index contributed by atoms with van der Waals surface area (Å²) < 4.78 is 65.2. The van der Waals surface area contributed by atoms with Gasteiger partial charge in [-0.1, -0.05) is 19.9 Å². The molecule has 0 N–H and O–H groups in total. The highest BCUT2D eigenvalue weighted by atomic mass is 19.4. The SMILES string of the molecule is CC(C)c1nc(CCc2cccc(C(F)(F)F)n2)c(F)cc1F. The molecule has 0 aliphatic carbocycles. The number of hydrogen-bond donors (Lipinski definition) is 0. The molecule has 124 valence electrons. The molecule has 2 aromatic rings. The van der Waals surface area contributed by atoms with E-state index in [2.05, 4.69) is 9.97 Å². The molecule has 2 nitrogen and oxygen atoms in total. The van der Waals surface area contributed by atoms with Crippen LogP contribution in [0.25, 0.3) is 0 Å². The summed E-state index contributed by atoms with van der Waals surface area (Å²) in [6.45, 7) is 3.45. The second-order valence-corrected chi connectivity index (χ2v) is 5.45. The number of hydrogen-bond acceptors (Lipinski definition) is 2. The molecule has 2 rings (SSSR count). The van der Waals surface area contributed by atoms with E-state index in [0.717, 1.165) is 12.1 Å². The van der Waals surface area contributed by atoms with E-state index in [1.54, 1.807) is 13.8 Å². The molecule has 23 heavy (non-hydrogen) atoms. The topological polar surface area (TPSA) is 25.8 Å². The highest BCUT2D eigenvalue weighted by Gasteiger charge is 2.32. The van der Waals surface area contributed by atoms with Crippen molar-refractivity contribution in [2.45, 2.75) is 38.8 Å². The third-order valence-electron chi connectivity index (χ3n) is 3.29. The van der Waals surface area contributed by atoms with Gasteiger partial charge in [-0.05, 0) is 30.9 Å². The van der Waals surface area contributed by atoms with Crippen molar-refractivity contribution in [1.29, 1.82) is 0 Å². The van der Waals surface area contributed by atoms with E-state index in [1.165, 1.54) is 12.1 Å². The Morgan fingerprint density at radius 2 is 1.70 bits per heavy atom. The highest BCUT2D eigenvalue weighted by Crippen LogP contribution is 2.27. The predicted octanol–water partition coefficient (Wildman–Crippen LogP) is 4.68. The minimum absolute atomic E-state index is 0.0225. The van der Waals surface area contributed by atoms with Gasteiger partial charge in [0.05, 0.1) is 11.4 Å². The van der Waals surface area contributed by atoms with Gasteiger partial charge in [-0.25, -0.2) is 13.8 Å². The van der Waals surface area contributed by atoms with Crippen molar-refractivity contribution in [3.05, 3.63) is 58.7 Å². The van der Waals surface area contributed by atoms with Crippen LogP contribution in [0, 0.1) is 11.6 Å². The number of alkyl halides is 3. The zero-order valence-corrected chi connectivity index (χ0v) is 12.6. The van der Waals surface area contributed by atoms with Gasteiger partial charge in [0.15, 0.2) is 0 Å². The Bertz CT molecular complexity index is 695. The lowest BCUT2D eigenvalue weighted by molar-refractivity contribution is -0.141. The first-order valence-electron chi connectivity index (χ1n) is 7.06. The van der Waals surface area contributed by atoms with Crippen molar-refractivity contribution >= 4 is 0 Å². The van der Waals surface area contributed by atoms with Gasteiger partial charge in [-0.15, -0.1) is 0 Å². The van der Waals surface area contributed by atoms with E-state index in [9.17, 15) is 22.0 Å². The van der Waals surface area contributed by atoms with Crippen LogP contribution >= 0.6 is 0 Å². The first kappa shape index (κ1) is 17.3. The second-order valence-electron chi connectivity index (χ2n) is 5.45. The molecule has 0 unspecified atom stereocenters. The number of pyridine rings is 2. The first-order chi connectivity index (χ1) is 10.7. The Labute approximate surface area is 130 Å². The van der Waals surface area contributed by atoms with E-state index in [1.807, 2.05) is 0 Å². The Morgan fingerprint density at radius 3 is 2.30 bits per heavy atom. The smallest absolute Gasteiger partial charge is 0.251 e. The minimum atomic E-state index is -4.53. The van der Waals surface area contributed by atoms with Gasteiger partial charge in [-0.3, -0.25) is 4.98 Å².